The van der Waals surface area contributed by atoms with Gasteiger partial charge in [-0.3, -0.25) is 4.79 Å². The number of carbonyl (C=O) groups is 1. The predicted molar refractivity (Wildman–Crippen MR) is 95.8 cm³/mol. The van der Waals surface area contributed by atoms with Crippen molar-refractivity contribution in [2.75, 3.05) is 13.2 Å². The van der Waals surface area contributed by atoms with Crippen molar-refractivity contribution in [2.45, 2.75) is 103 Å². The highest BCUT2D eigenvalue weighted by Gasteiger charge is 2.16. The van der Waals surface area contributed by atoms with Gasteiger partial charge in [-0.2, -0.15) is 0 Å². The van der Waals surface area contributed by atoms with E-state index in [9.17, 15) is 9.90 Å². The lowest BCUT2D eigenvalue weighted by Gasteiger charge is -2.14. The molecule has 0 unspecified atom stereocenters. The van der Waals surface area contributed by atoms with E-state index in [0.717, 1.165) is 12.8 Å². The Kier molecular flexibility index (Phi) is 16.7. The van der Waals surface area contributed by atoms with Crippen LogP contribution in [0.1, 0.15) is 90.4 Å². The van der Waals surface area contributed by atoms with Gasteiger partial charge < -0.3 is 20.1 Å². The maximum atomic E-state index is 11.5. The third-order valence-corrected chi connectivity index (χ3v) is 4.25. The lowest BCUT2D eigenvalue weighted by molar-refractivity contribution is -0.155. The molecular formula is C19H38O5. The Labute approximate surface area is 147 Å². The fourth-order valence-corrected chi connectivity index (χ4v) is 2.70. The summed E-state index contributed by atoms with van der Waals surface area (Å²) >= 11 is 0. The molecular weight excluding hydrogens is 308 g/mol. The molecule has 5 heteroatoms. The average molecular weight is 347 g/mol. The Hall–Kier alpha value is -0.650. The van der Waals surface area contributed by atoms with Crippen LogP contribution in [0, 0.1) is 0 Å². The van der Waals surface area contributed by atoms with Gasteiger partial charge in [-0.15, -0.1) is 0 Å². The highest BCUT2D eigenvalue weighted by Crippen LogP contribution is 2.13. The van der Waals surface area contributed by atoms with Crippen LogP contribution < -0.4 is 0 Å². The summed E-state index contributed by atoms with van der Waals surface area (Å²) in [5.74, 6) is -0.571. The molecule has 0 radical (unpaired) electrons. The fourth-order valence-electron chi connectivity index (χ4n) is 2.70. The largest absolute Gasteiger partial charge is 0.457 e. The van der Waals surface area contributed by atoms with Crippen LogP contribution in [0.5, 0.6) is 0 Å². The zero-order chi connectivity index (χ0) is 18.0. The fraction of sp³-hybridized carbons (Fsp3) is 0.947. The Morgan fingerprint density at radius 2 is 1.29 bits per heavy atom. The Morgan fingerprint density at radius 1 is 0.833 bits per heavy atom. The molecule has 0 aliphatic rings. The Morgan fingerprint density at radius 3 is 1.75 bits per heavy atom. The van der Waals surface area contributed by atoms with Crippen LogP contribution >= 0.6 is 0 Å². The quantitative estimate of drug-likeness (QED) is 0.278. The minimum Gasteiger partial charge on any atom is -0.457 e. The molecule has 0 aromatic heterocycles. The van der Waals surface area contributed by atoms with Crippen LogP contribution in [0.3, 0.4) is 0 Å². The SMILES string of the molecule is CCCCCCCCCCCCC[C@@H](O)CC(=O)OC(CO)CO. The number of unbranched alkanes of at least 4 members (excludes halogenated alkanes) is 10. The van der Waals surface area contributed by atoms with E-state index in [1.54, 1.807) is 0 Å². The predicted octanol–water partition coefficient (Wildman–Crippen LogP) is 3.33. The number of aliphatic hydroxyl groups excluding tert-OH is 3. The molecule has 1 atom stereocenters. The van der Waals surface area contributed by atoms with Crippen molar-refractivity contribution in [1.82, 2.24) is 0 Å². The minimum absolute atomic E-state index is 0.0751. The monoisotopic (exact) mass is 346 g/mol. The van der Waals surface area contributed by atoms with Crippen molar-refractivity contribution in [2.24, 2.45) is 0 Å². The first-order valence-electron chi connectivity index (χ1n) is 9.73. The summed E-state index contributed by atoms with van der Waals surface area (Å²) in [6.07, 6.45) is 12.7. The molecule has 0 bridgehead atoms. The highest BCUT2D eigenvalue weighted by atomic mass is 16.6. The van der Waals surface area contributed by atoms with Gasteiger partial charge in [-0.25, -0.2) is 0 Å². The molecule has 0 rings (SSSR count). The lowest BCUT2D eigenvalue weighted by Crippen LogP contribution is -2.27. The summed E-state index contributed by atoms with van der Waals surface area (Å²) in [6, 6.07) is 0. The molecule has 24 heavy (non-hydrogen) atoms. The van der Waals surface area contributed by atoms with Crippen LogP contribution in [0.25, 0.3) is 0 Å². The van der Waals surface area contributed by atoms with Crippen LogP contribution in [0.15, 0.2) is 0 Å². The van der Waals surface area contributed by atoms with E-state index in [1.807, 2.05) is 0 Å². The first-order valence-corrected chi connectivity index (χ1v) is 9.73. The third kappa shape index (κ3) is 14.9. The molecule has 0 saturated carbocycles. The van der Waals surface area contributed by atoms with Crippen molar-refractivity contribution in [3.05, 3.63) is 0 Å². The van der Waals surface area contributed by atoms with Gasteiger partial charge in [0.05, 0.1) is 25.7 Å². The van der Waals surface area contributed by atoms with E-state index in [2.05, 4.69) is 6.92 Å². The van der Waals surface area contributed by atoms with Gasteiger partial charge in [0.25, 0.3) is 0 Å². The van der Waals surface area contributed by atoms with Crippen molar-refractivity contribution in [1.29, 1.82) is 0 Å². The molecule has 0 aliphatic carbocycles. The number of aliphatic hydroxyl groups is 3. The van der Waals surface area contributed by atoms with Gasteiger partial charge in [0.2, 0.25) is 0 Å². The van der Waals surface area contributed by atoms with E-state index in [1.165, 1.54) is 57.8 Å². The Balaban J connectivity index is 3.39. The van der Waals surface area contributed by atoms with E-state index in [-0.39, 0.29) is 6.42 Å². The number of hydrogen-bond donors (Lipinski definition) is 3. The second kappa shape index (κ2) is 17.2. The first kappa shape index (κ1) is 23.4. The number of hydrogen-bond acceptors (Lipinski definition) is 5. The first-order chi connectivity index (χ1) is 11.6. The molecule has 0 saturated heterocycles. The lowest BCUT2D eigenvalue weighted by atomic mass is 10.0. The second-order valence-corrected chi connectivity index (χ2v) is 6.66. The summed E-state index contributed by atoms with van der Waals surface area (Å²) in [6.45, 7) is 1.43. The summed E-state index contributed by atoms with van der Waals surface area (Å²) in [4.78, 5) is 11.5. The van der Waals surface area contributed by atoms with Crippen LogP contribution in [-0.4, -0.2) is 46.7 Å². The zero-order valence-corrected chi connectivity index (χ0v) is 15.4. The molecule has 0 heterocycles. The van der Waals surface area contributed by atoms with E-state index >= 15 is 0 Å². The van der Waals surface area contributed by atoms with Crippen LogP contribution in [0.4, 0.5) is 0 Å². The molecule has 0 aromatic carbocycles. The molecule has 0 spiro atoms. The molecule has 3 N–H and O–H groups in total. The van der Waals surface area contributed by atoms with Crippen molar-refractivity contribution >= 4 is 5.97 Å². The maximum Gasteiger partial charge on any atom is 0.308 e. The van der Waals surface area contributed by atoms with Crippen molar-refractivity contribution < 1.29 is 24.9 Å². The van der Waals surface area contributed by atoms with Crippen molar-refractivity contribution in [3.63, 3.8) is 0 Å². The second-order valence-electron chi connectivity index (χ2n) is 6.66. The topological polar surface area (TPSA) is 87.0 Å². The number of ether oxygens (including phenoxy) is 1. The van der Waals surface area contributed by atoms with Gasteiger partial charge in [0.1, 0.15) is 6.10 Å². The summed E-state index contributed by atoms with van der Waals surface area (Å²) in [7, 11) is 0. The highest BCUT2D eigenvalue weighted by molar-refractivity contribution is 5.70. The number of esters is 1. The van der Waals surface area contributed by atoms with Gasteiger partial charge in [-0.1, -0.05) is 77.6 Å². The molecule has 0 fully saturated rings. The maximum absolute atomic E-state index is 11.5. The summed E-state index contributed by atoms with van der Waals surface area (Å²) in [5, 5.41) is 27.4. The number of carbonyl (C=O) groups excluding carboxylic acids is 1. The average Bonchev–Trinajstić information content (AvgIpc) is 2.57. The zero-order valence-electron chi connectivity index (χ0n) is 15.4. The molecule has 0 aromatic rings. The molecule has 0 aliphatic heterocycles. The van der Waals surface area contributed by atoms with E-state index in [0.29, 0.717) is 6.42 Å². The van der Waals surface area contributed by atoms with Gasteiger partial charge >= 0.3 is 5.97 Å². The minimum atomic E-state index is -0.883. The van der Waals surface area contributed by atoms with Crippen LogP contribution in [0.2, 0.25) is 0 Å². The third-order valence-electron chi connectivity index (χ3n) is 4.25. The Bertz CT molecular complexity index is 279. The van der Waals surface area contributed by atoms with Gasteiger partial charge in [-0.05, 0) is 6.42 Å². The van der Waals surface area contributed by atoms with Crippen molar-refractivity contribution in [3.8, 4) is 0 Å². The molecule has 5 nitrogen and oxygen atoms in total. The molecule has 144 valence electrons. The smallest absolute Gasteiger partial charge is 0.308 e. The van der Waals surface area contributed by atoms with E-state index < -0.39 is 31.4 Å². The van der Waals surface area contributed by atoms with E-state index in [4.69, 9.17) is 14.9 Å². The van der Waals surface area contributed by atoms with Gasteiger partial charge in [0.15, 0.2) is 0 Å². The van der Waals surface area contributed by atoms with Crippen LogP contribution in [-0.2, 0) is 9.53 Å². The summed E-state index contributed by atoms with van der Waals surface area (Å²) in [5.41, 5.74) is 0. The normalized spacial score (nSPS) is 12.5. The molecule has 0 amide bonds. The standard InChI is InChI=1S/C19H38O5/c1-2-3-4-5-6-7-8-9-10-11-12-13-17(22)14-19(23)24-18(15-20)16-21/h17-18,20-22H,2-16H2,1H3/t17-/m1/s1. The summed E-state index contributed by atoms with van der Waals surface area (Å²) < 4.78 is 4.83. The van der Waals surface area contributed by atoms with Gasteiger partial charge in [0, 0.05) is 0 Å². The number of rotatable bonds is 17.